The van der Waals surface area contributed by atoms with Gasteiger partial charge in [-0.1, -0.05) is 29.3 Å². The Morgan fingerprint density at radius 1 is 1.16 bits per heavy atom. The van der Waals surface area contributed by atoms with Crippen molar-refractivity contribution in [3.8, 4) is 5.75 Å². The highest BCUT2D eigenvalue weighted by atomic mass is 16.5. The minimum absolute atomic E-state index is 0.102. The number of carbonyl (C=O) groups is 1. The summed E-state index contributed by atoms with van der Waals surface area (Å²) in [7, 11) is 0. The summed E-state index contributed by atoms with van der Waals surface area (Å²) in [6.07, 6.45) is 4.92. The van der Waals surface area contributed by atoms with E-state index in [-0.39, 0.29) is 18.1 Å². The maximum atomic E-state index is 13.1. The summed E-state index contributed by atoms with van der Waals surface area (Å²) in [6, 6.07) is 8.34. The number of nitrogens with zero attached hydrogens (tertiary/aromatic N) is 3. The minimum Gasteiger partial charge on any atom is -0.489 e. The number of likely N-dealkylation sites (tertiary alicyclic amines) is 2. The lowest BCUT2D eigenvalue weighted by atomic mass is 9.88. The van der Waals surface area contributed by atoms with E-state index < -0.39 is 0 Å². The average molecular weight is 426 g/mol. The van der Waals surface area contributed by atoms with Crippen LogP contribution in [-0.4, -0.2) is 65.3 Å². The van der Waals surface area contributed by atoms with Crippen LogP contribution in [0.25, 0.3) is 0 Å². The Morgan fingerprint density at radius 2 is 1.90 bits per heavy atom. The standard InChI is InChI=1S/C24H31N3O4/c1-17-6-8-20(9-7-17)29-14-21-18(2)31-25-22(21)23(28)27-15-24(16-27)12-19(13-30-24)26-10-4-3-5-11-26/h6-9,19H,3-5,10-16H2,1-2H3. The number of carbonyl (C=O) groups excluding carboxylic acids is 1. The summed E-state index contributed by atoms with van der Waals surface area (Å²) in [6.45, 7) is 8.49. The third kappa shape index (κ3) is 4.08. The van der Waals surface area contributed by atoms with Gasteiger partial charge >= 0.3 is 0 Å². The van der Waals surface area contributed by atoms with E-state index >= 15 is 0 Å². The van der Waals surface area contributed by atoms with Gasteiger partial charge in [0.1, 0.15) is 23.7 Å². The minimum atomic E-state index is -0.185. The molecule has 166 valence electrons. The third-order valence-corrected chi connectivity index (χ3v) is 6.93. The van der Waals surface area contributed by atoms with E-state index in [1.165, 1.54) is 37.9 Å². The van der Waals surface area contributed by atoms with Gasteiger partial charge in [0.15, 0.2) is 5.69 Å². The molecule has 1 aromatic heterocycles. The Kier molecular flexibility index (Phi) is 5.48. The second-order valence-electron chi connectivity index (χ2n) is 9.28. The fraction of sp³-hybridized carbons (Fsp3) is 0.583. The molecule has 3 aliphatic heterocycles. The summed E-state index contributed by atoms with van der Waals surface area (Å²) in [5.41, 5.74) is 2.05. The van der Waals surface area contributed by atoms with E-state index in [0.29, 0.717) is 36.1 Å². The van der Waals surface area contributed by atoms with E-state index in [0.717, 1.165) is 18.8 Å². The molecule has 0 aliphatic carbocycles. The molecule has 0 bridgehead atoms. The summed E-state index contributed by atoms with van der Waals surface area (Å²) in [5.74, 6) is 1.28. The van der Waals surface area contributed by atoms with Gasteiger partial charge in [-0.3, -0.25) is 9.69 Å². The number of hydrogen-bond acceptors (Lipinski definition) is 6. The highest BCUT2D eigenvalue weighted by molar-refractivity contribution is 5.94. The van der Waals surface area contributed by atoms with Gasteiger partial charge in [0.2, 0.25) is 0 Å². The zero-order valence-corrected chi connectivity index (χ0v) is 18.4. The molecule has 3 fully saturated rings. The van der Waals surface area contributed by atoms with Crippen LogP contribution in [0.15, 0.2) is 28.8 Å². The van der Waals surface area contributed by atoms with Gasteiger partial charge in [0.25, 0.3) is 5.91 Å². The molecule has 0 N–H and O–H groups in total. The molecule has 3 aliphatic rings. The fourth-order valence-corrected chi connectivity index (χ4v) is 5.02. The highest BCUT2D eigenvalue weighted by Crippen LogP contribution is 2.38. The van der Waals surface area contributed by atoms with Crippen LogP contribution >= 0.6 is 0 Å². The van der Waals surface area contributed by atoms with Gasteiger partial charge in [0, 0.05) is 6.04 Å². The zero-order valence-electron chi connectivity index (χ0n) is 18.4. The average Bonchev–Trinajstić information content (AvgIpc) is 3.37. The smallest absolute Gasteiger partial charge is 0.276 e. The maximum absolute atomic E-state index is 13.1. The Hall–Kier alpha value is -2.38. The number of aryl methyl sites for hydroxylation is 2. The molecule has 3 saturated heterocycles. The monoisotopic (exact) mass is 425 g/mol. The van der Waals surface area contributed by atoms with E-state index in [9.17, 15) is 4.79 Å². The summed E-state index contributed by atoms with van der Waals surface area (Å²) in [5, 5.41) is 4.05. The van der Waals surface area contributed by atoms with E-state index in [1.807, 2.05) is 43.0 Å². The number of amides is 1. The van der Waals surface area contributed by atoms with Crippen molar-refractivity contribution in [2.75, 3.05) is 32.8 Å². The van der Waals surface area contributed by atoms with Crippen molar-refractivity contribution in [1.82, 2.24) is 15.0 Å². The van der Waals surface area contributed by atoms with Crippen molar-refractivity contribution in [2.45, 2.75) is 57.8 Å². The van der Waals surface area contributed by atoms with Crippen LogP contribution < -0.4 is 4.74 Å². The molecule has 4 heterocycles. The van der Waals surface area contributed by atoms with Gasteiger partial charge in [-0.05, 0) is 58.3 Å². The first-order chi connectivity index (χ1) is 15.0. The number of benzene rings is 1. The normalized spacial score (nSPS) is 23.2. The van der Waals surface area contributed by atoms with Crippen LogP contribution in [0.3, 0.4) is 0 Å². The Bertz CT molecular complexity index is 927. The van der Waals surface area contributed by atoms with Crippen molar-refractivity contribution in [3.05, 3.63) is 46.8 Å². The van der Waals surface area contributed by atoms with Crippen LogP contribution in [0.5, 0.6) is 5.75 Å². The molecule has 1 aromatic carbocycles. The van der Waals surface area contributed by atoms with Crippen LogP contribution in [-0.2, 0) is 11.3 Å². The van der Waals surface area contributed by atoms with Crippen LogP contribution in [0, 0.1) is 13.8 Å². The lowest BCUT2D eigenvalue weighted by Gasteiger charge is -2.47. The number of aromatic nitrogens is 1. The maximum Gasteiger partial charge on any atom is 0.276 e. The number of hydrogen-bond donors (Lipinski definition) is 0. The molecule has 2 aromatic rings. The van der Waals surface area contributed by atoms with Gasteiger partial charge in [-0.15, -0.1) is 0 Å². The fourth-order valence-electron chi connectivity index (χ4n) is 5.02. The summed E-state index contributed by atoms with van der Waals surface area (Å²) in [4.78, 5) is 17.5. The second kappa shape index (κ2) is 8.28. The molecular weight excluding hydrogens is 394 g/mol. The first-order valence-electron chi connectivity index (χ1n) is 11.3. The number of ether oxygens (including phenoxy) is 2. The van der Waals surface area contributed by atoms with E-state index in [1.54, 1.807) is 0 Å². The lowest BCUT2D eigenvalue weighted by molar-refractivity contribution is -0.0953. The predicted molar refractivity (Wildman–Crippen MR) is 115 cm³/mol. The molecule has 5 rings (SSSR count). The van der Waals surface area contributed by atoms with Gasteiger partial charge in [-0.25, -0.2) is 0 Å². The van der Waals surface area contributed by atoms with Crippen molar-refractivity contribution in [2.24, 2.45) is 0 Å². The zero-order chi connectivity index (χ0) is 21.4. The SMILES string of the molecule is Cc1ccc(OCc2c(C(=O)N3CC4(CC(N5CCCCC5)CO4)C3)noc2C)cc1. The molecular formula is C24H31N3O4. The third-order valence-electron chi connectivity index (χ3n) is 6.93. The summed E-state index contributed by atoms with van der Waals surface area (Å²) >= 11 is 0. The van der Waals surface area contributed by atoms with Crippen molar-refractivity contribution >= 4 is 5.91 Å². The quantitative estimate of drug-likeness (QED) is 0.732. The van der Waals surface area contributed by atoms with Crippen molar-refractivity contribution in [3.63, 3.8) is 0 Å². The molecule has 1 atom stereocenters. The second-order valence-corrected chi connectivity index (χ2v) is 9.28. The van der Waals surface area contributed by atoms with Crippen molar-refractivity contribution < 1.29 is 18.8 Å². The first-order valence-corrected chi connectivity index (χ1v) is 11.3. The Balaban J connectivity index is 1.19. The molecule has 0 radical (unpaired) electrons. The van der Waals surface area contributed by atoms with E-state index in [2.05, 4.69) is 10.1 Å². The first kappa shape index (κ1) is 20.5. The Morgan fingerprint density at radius 3 is 2.65 bits per heavy atom. The molecule has 1 amide bonds. The molecule has 31 heavy (non-hydrogen) atoms. The molecule has 1 spiro atoms. The van der Waals surface area contributed by atoms with Crippen LogP contribution in [0.4, 0.5) is 0 Å². The molecule has 0 saturated carbocycles. The van der Waals surface area contributed by atoms with Crippen LogP contribution in [0.2, 0.25) is 0 Å². The van der Waals surface area contributed by atoms with Gasteiger partial charge < -0.3 is 18.9 Å². The van der Waals surface area contributed by atoms with E-state index in [4.69, 9.17) is 14.0 Å². The highest BCUT2D eigenvalue weighted by Gasteiger charge is 2.53. The topological polar surface area (TPSA) is 68.0 Å². The summed E-state index contributed by atoms with van der Waals surface area (Å²) < 4.78 is 17.4. The van der Waals surface area contributed by atoms with Gasteiger partial charge in [0.05, 0.1) is 25.3 Å². The Labute approximate surface area is 183 Å². The molecule has 1 unspecified atom stereocenters. The van der Waals surface area contributed by atoms with Gasteiger partial charge in [-0.2, -0.15) is 0 Å². The number of piperidine rings is 1. The largest absolute Gasteiger partial charge is 0.489 e. The molecule has 7 heteroatoms. The van der Waals surface area contributed by atoms with Crippen LogP contribution in [0.1, 0.15) is 53.1 Å². The molecule has 7 nitrogen and oxygen atoms in total. The predicted octanol–water partition coefficient (Wildman–Crippen LogP) is 3.34. The lowest BCUT2D eigenvalue weighted by Crippen LogP contribution is -2.63. The van der Waals surface area contributed by atoms with Crippen molar-refractivity contribution in [1.29, 1.82) is 0 Å². The number of rotatable bonds is 5.